The smallest absolute Gasteiger partial charge is 0.328 e. The first-order valence-corrected chi connectivity index (χ1v) is 7.82. The van der Waals surface area contributed by atoms with E-state index in [9.17, 15) is 13.2 Å². The van der Waals surface area contributed by atoms with Crippen molar-refractivity contribution >= 4 is 28.5 Å². The summed E-state index contributed by atoms with van der Waals surface area (Å²) in [5.74, 6) is 0.577. The molecule has 1 aromatic carbocycles. The first-order chi connectivity index (χ1) is 10.9. The Labute approximate surface area is 134 Å². The van der Waals surface area contributed by atoms with Crippen LogP contribution in [-0.4, -0.2) is 25.3 Å². The Kier molecular flexibility index (Phi) is 4.20. The fraction of sp³-hybridized carbons (Fsp3) is 0.286. The standard InChI is InChI=1S/C14H14F3N5S/c1-21-13-10(7-18-21)3-2-4-12(13)20-23-6-5-22-9-11(8-19-22)14(15,16)17/h2-4,7-9,20H,5-6H2,1H3. The Morgan fingerprint density at radius 1 is 1.22 bits per heavy atom. The third-order valence-electron chi connectivity index (χ3n) is 3.33. The summed E-state index contributed by atoms with van der Waals surface area (Å²) < 4.78 is 43.7. The molecule has 0 radical (unpaired) electrons. The first-order valence-electron chi connectivity index (χ1n) is 6.83. The lowest BCUT2D eigenvalue weighted by Crippen LogP contribution is -2.05. The van der Waals surface area contributed by atoms with Crippen LogP contribution in [0.3, 0.4) is 0 Å². The van der Waals surface area contributed by atoms with Gasteiger partial charge in [-0.15, -0.1) is 0 Å². The molecule has 0 saturated carbocycles. The van der Waals surface area contributed by atoms with Crippen LogP contribution in [0.5, 0.6) is 0 Å². The van der Waals surface area contributed by atoms with Crippen LogP contribution in [-0.2, 0) is 19.8 Å². The molecule has 3 aromatic rings. The highest BCUT2D eigenvalue weighted by Crippen LogP contribution is 2.28. The SMILES string of the molecule is Cn1ncc2cccc(NSCCn3cc(C(F)(F)F)cn3)c21. The van der Waals surface area contributed by atoms with Crippen LogP contribution < -0.4 is 4.72 Å². The molecule has 0 spiro atoms. The zero-order chi connectivity index (χ0) is 16.4. The van der Waals surface area contributed by atoms with Crippen LogP contribution in [0.25, 0.3) is 10.9 Å². The Morgan fingerprint density at radius 3 is 2.78 bits per heavy atom. The number of hydrogen-bond donors (Lipinski definition) is 1. The van der Waals surface area contributed by atoms with Crippen molar-refractivity contribution in [3.05, 3.63) is 42.4 Å². The van der Waals surface area contributed by atoms with E-state index in [1.54, 1.807) is 10.9 Å². The fourth-order valence-electron chi connectivity index (χ4n) is 2.22. The molecule has 5 nitrogen and oxygen atoms in total. The Morgan fingerprint density at radius 2 is 2.04 bits per heavy atom. The van der Waals surface area contributed by atoms with E-state index in [1.807, 2.05) is 25.2 Å². The van der Waals surface area contributed by atoms with Gasteiger partial charge >= 0.3 is 6.18 Å². The molecule has 0 unspecified atom stereocenters. The number of fused-ring (bicyclic) bond motifs is 1. The van der Waals surface area contributed by atoms with Crippen molar-refractivity contribution in [1.82, 2.24) is 19.6 Å². The number of para-hydroxylation sites is 1. The number of alkyl halides is 3. The number of benzene rings is 1. The van der Waals surface area contributed by atoms with Crippen LogP contribution in [0.1, 0.15) is 5.56 Å². The minimum Gasteiger partial charge on any atom is -0.328 e. The summed E-state index contributed by atoms with van der Waals surface area (Å²) in [6.07, 6.45) is -0.705. The lowest BCUT2D eigenvalue weighted by Gasteiger charge is -2.08. The number of hydrogen-bond acceptors (Lipinski definition) is 4. The van der Waals surface area contributed by atoms with E-state index in [1.165, 1.54) is 16.6 Å². The fourth-order valence-corrected chi connectivity index (χ4v) is 2.92. The van der Waals surface area contributed by atoms with Crippen LogP contribution in [0.4, 0.5) is 18.9 Å². The number of anilines is 1. The second kappa shape index (κ2) is 6.15. The number of rotatable bonds is 5. The molecule has 9 heteroatoms. The van der Waals surface area contributed by atoms with Crippen molar-refractivity contribution in [2.75, 3.05) is 10.5 Å². The van der Waals surface area contributed by atoms with Gasteiger partial charge in [0, 0.05) is 24.4 Å². The summed E-state index contributed by atoms with van der Waals surface area (Å²) in [6, 6.07) is 5.84. The minimum atomic E-state index is -4.35. The van der Waals surface area contributed by atoms with Crippen molar-refractivity contribution < 1.29 is 13.2 Å². The van der Waals surface area contributed by atoms with E-state index in [0.717, 1.165) is 29.0 Å². The van der Waals surface area contributed by atoms with E-state index >= 15 is 0 Å². The summed E-state index contributed by atoms with van der Waals surface area (Å²) in [5, 5.41) is 8.96. The predicted molar refractivity (Wildman–Crippen MR) is 84.0 cm³/mol. The van der Waals surface area contributed by atoms with Gasteiger partial charge < -0.3 is 4.72 Å². The summed E-state index contributed by atoms with van der Waals surface area (Å²) in [6.45, 7) is 0.384. The zero-order valence-corrected chi connectivity index (χ0v) is 13.0. The zero-order valence-electron chi connectivity index (χ0n) is 12.2. The second-order valence-corrected chi connectivity index (χ2v) is 5.85. The first kappa shape index (κ1) is 15.7. The quantitative estimate of drug-likeness (QED) is 0.569. The monoisotopic (exact) mass is 341 g/mol. The van der Waals surface area contributed by atoms with E-state index in [4.69, 9.17) is 0 Å². The van der Waals surface area contributed by atoms with E-state index in [-0.39, 0.29) is 0 Å². The van der Waals surface area contributed by atoms with Gasteiger partial charge in [0.2, 0.25) is 0 Å². The van der Waals surface area contributed by atoms with Gasteiger partial charge in [0.05, 0.1) is 35.7 Å². The third-order valence-corrected chi connectivity index (χ3v) is 4.08. The molecule has 0 aliphatic carbocycles. The normalized spacial score (nSPS) is 12.0. The molecule has 23 heavy (non-hydrogen) atoms. The van der Waals surface area contributed by atoms with Gasteiger partial charge in [-0.25, -0.2) is 0 Å². The van der Waals surface area contributed by atoms with Gasteiger partial charge in [-0.05, 0) is 6.07 Å². The number of nitrogens with zero attached hydrogens (tertiary/aromatic N) is 4. The highest BCUT2D eigenvalue weighted by Gasteiger charge is 2.32. The predicted octanol–water partition coefficient (Wildman–Crippen LogP) is 3.55. The summed E-state index contributed by atoms with van der Waals surface area (Å²) in [5.41, 5.74) is 1.18. The molecule has 0 bridgehead atoms. The average Bonchev–Trinajstić information content (AvgIpc) is 3.11. The largest absolute Gasteiger partial charge is 0.419 e. The molecular weight excluding hydrogens is 327 g/mol. The molecule has 2 aromatic heterocycles. The summed E-state index contributed by atoms with van der Waals surface area (Å²) in [4.78, 5) is 0. The van der Waals surface area contributed by atoms with Crippen LogP contribution in [0.2, 0.25) is 0 Å². The number of aromatic nitrogens is 4. The number of halogens is 3. The molecule has 122 valence electrons. The van der Waals surface area contributed by atoms with Gasteiger partial charge in [0.1, 0.15) is 0 Å². The topological polar surface area (TPSA) is 47.7 Å². The average molecular weight is 341 g/mol. The third kappa shape index (κ3) is 3.44. The van der Waals surface area contributed by atoms with Crippen LogP contribution in [0, 0.1) is 0 Å². The van der Waals surface area contributed by atoms with Crippen LogP contribution >= 0.6 is 11.9 Å². The Balaban J connectivity index is 1.57. The lowest BCUT2D eigenvalue weighted by atomic mass is 10.2. The number of nitrogens with one attached hydrogen (secondary N) is 1. The minimum absolute atomic E-state index is 0.384. The summed E-state index contributed by atoms with van der Waals surface area (Å²) in [7, 11) is 1.86. The molecule has 0 amide bonds. The van der Waals surface area contributed by atoms with Crippen molar-refractivity contribution in [3.8, 4) is 0 Å². The molecule has 0 aliphatic heterocycles. The highest BCUT2D eigenvalue weighted by molar-refractivity contribution is 8.00. The molecule has 1 N–H and O–H groups in total. The number of aryl methyl sites for hydroxylation is 2. The van der Waals surface area contributed by atoms with Gasteiger partial charge in [-0.1, -0.05) is 24.1 Å². The van der Waals surface area contributed by atoms with Gasteiger partial charge in [-0.3, -0.25) is 9.36 Å². The Hall–Kier alpha value is -2.16. The van der Waals surface area contributed by atoms with Gasteiger partial charge in [-0.2, -0.15) is 23.4 Å². The molecule has 3 rings (SSSR count). The van der Waals surface area contributed by atoms with Crippen molar-refractivity contribution in [3.63, 3.8) is 0 Å². The molecule has 0 fully saturated rings. The van der Waals surface area contributed by atoms with Crippen molar-refractivity contribution in [2.45, 2.75) is 12.7 Å². The second-order valence-electron chi connectivity index (χ2n) is 4.95. The van der Waals surface area contributed by atoms with Crippen molar-refractivity contribution in [1.29, 1.82) is 0 Å². The van der Waals surface area contributed by atoms with E-state index in [0.29, 0.717) is 12.3 Å². The molecule has 0 saturated heterocycles. The maximum absolute atomic E-state index is 12.5. The molecular formula is C14H14F3N5S. The van der Waals surface area contributed by atoms with Crippen LogP contribution in [0.15, 0.2) is 36.8 Å². The van der Waals surface area contributed by atoms with E-state index < -0.39 is 11.7 Å². The molecule has 2 heterocycles. The van der Waals surface area contributed by atoms with E-state index in [2.05, 4.69) is 14.9 Å². The highest BCUT2D eigenvalue weighted by atomic mass is 32.2. The Bertz CT molecular complexity index is 808. The van der Waals surface area contributed by atoms with Gasteiger partial charge in [0.15, 0.2) is 0 Å². The maximum Gasteiger partial charge on any atom is 0.419 e. The summed E-state index contributed by atoms with van der Waals surface area (Å²) >= 11 is 1.41. The lowest BCUT2D eigenvalue weighted by molar-refractivity contribution is -0.137. The van der Waals surface area contributed by atoms with Crippen molar-refractivity contribution in [2.24, 2.45) is 7.05 Å². The maximum atomic E-state index is 12.5. The molecule has 0 atom stereocenters. The molecule has 0 aliphatic rings. The van der Waals surface area contributed by atoms with Gasteiger partial charge in [0.25, 0.3) is 0 Å².